The van der Waals surface area contributed by atoms with E-state index in [0.29, 0.717) is 17.3 Å². The van der Waals surface area contributed by atoms with E-state index in [-0.39, 0.29) is 6.03 Å². The van der Waals surface area contributed by atoms with E-state index in [2.05, 4.69) is 5.32 Å². The number of rotatable bonds is 3. The number of hydrogen-bond donors (Lipinski definition) is 0. The number of anilines is 1. The second-order valence-electron chi connectivity index (χ2n) is 5.68. The molecule has 0 bridgehead atoms. The Morgan fingerprint density at radius 2 is 1.67 bits per heavy atom. The third kappa shape index (κ3) is 2.74. The van der Waals surface area contributed by atoms with Crippen molar-refractivity contribution in [1.29, 1.82) is 0 Å². The summed E-state index contributed by atoms with van der Waals surface area (Å²) >= 11 is 6.09. The lowest BCUT2D eigenvalue weighted by molar-refractivity contribution is 0.250. The summed E-state index contributed by atoms with van der Waals surface area (Å²) in [6.45, 7) is 0.509. The third-order valence-corrected chi connectivity index (χ3v) is 4.29. The predicted molar refractivity (Wildman–Crippen MR) is 96.7 cm³/mol. The van der Waals surface area contributed by atoms with E-state index in [1.807, 2.05) is 72.8 Å². The van der Waals surface area contributed by atoms with Crippen molar-refractivity contribution >= 4 is 29.0 Å². The van der Waals surface area contributed by atoms with Crippen LogP contribution in [0.15, 0.2) is 72.8 Å². The summed E-state index contributed by atoms with van der Waals surface area (Å²) in [5.74, 6) is 0. The molecule has 3 nitrogen and oxygen atoms in total. The van der Waals surface area contributed by atoms with Crippen molar-refractivity contribution in [3.05, 3.63) is 83.4 Å². The summed E-state index contributed by atoms with van der Waals surface area (Å²) in [6, 6.07) is 23.2. The van der Waals surface area contributed by atoms with Gasteiger partial charge < -0.3 is 0 Å². The van der Waals surface area contributed by atoms with Crippen molar-refractivity contribution < 1.29 is 4.79 Å². The summed E-state index contributed by atoms with van der Waals surface area (Å²) in [4.78, 5) is 14.0. The topological polar surface area (TPSA) is 34.4 Å². The highest BCUT2D eigenvalue weighted by Crippen LogP contribution is 2.37. The van der Waals surface area contributed by atoms with Crippen LogP contribution in [0.4, 0.5) is 16.2 Å². The number of carbonyl (C=O) groups excluding carboxylic acids is 1. The molecule has 3 aromatic carbocycles. The Morgan fingerprint density at radius 3 is 2.46 bits per heavy atom. The molecule has 24 heavy (non-hydrogen) atoms. The highest BCUT2D eigenvalue weighted by molar-refractivity contribution is 6.30. The quantitative estimate of drug-likeness (QED) is 0.633. The summed E-state index contributed by atoms with van der Waals surface area (Å²) < 4.78 is 0. The number of nitrogens with zero attached hydrogens (tertiary/aromatic N) is 2. The minimum absolute atomic E-state index is 0.225. The van der Waals surface area contributed by atoms with Crippen molar-refractivity contribution in [2.75, 3.05) is 4.90 Å². The van der Waals surface area contributed by atoms with E-state index in [0.717, 1.165) is 22.4 Å². The molecule has 0 fully saturated rings. The largest absolute Gasteiger partial charge is 0.349 e. The van der Waals surface area contributed by atoms with E-state index >= 15 is 0 Å². The minimum Gasteiger partial charge on any atom is -0.286 e. The number of carbonyl (C=O) groups is 1. The number of amides is 2. The van der Waals surface area contributed by atoms with Gasteiger partial charge in [-0.2, -0.15) is 5.32 Å². The standard InChI is InChI=1S/C20H14ClN2O/c21-17-8-4-7-15(11-17)16-9-10-18-19(12-16)23(20(24)22-18)13-14-5-2-1-3-6-14/h1-12H,13H2. The Morgan fingerprint density at radius 1 is 0.875 bits per heavy atom. The average Bonchev–Trinajstić information content (AvgIpc) is 2.91. The molecule has 0 aliphatic carbocycles. The van der Waals surface area contributed by atoms with Crippen LogP contribution in [0, 0.1) is 0 Å². The van der Waals surface area contributed by atoms with Crippen LogP contribution >= 0.6 is 11.6 Å². The molecule has 1 heterocycles. The number of fused-ring (bicyclic) bond motifs is 1. The molecule has 117 valence electrons. The van der Waals surface area contributed by atoms with Crippen molar-refractivity contribution in [1.82, 2.24) is 5.32 Å². The average molecular weight is 334 g/mol. The molecule has 0 saturated heterocycles. The second kappa shape index (κ2) is 6.02. The number of hydrogen-bond acceptors (Lipinski definition) is 1. The summed E-state index contributed by atoms with van der Waals surface area (Å²) in [7, 11) is 0. The summed E-state index contributed by atoms with van der Waals surface area (Å²) in [6.07, 6.45) is 0. The van der Waals surface area contributed by atoms with E-state index < -0.39 is 0 Å². The van der Waals surface area contributed by atoms with Crippen LogP contribution in [0.5, 0.6) is 0 Å². The fraction of sp³-hybridized carbons (Fsp3) is 0.0500. The first kappa shape index (κ1) is 14.8. The molecule has 0 atom stereocenters. The van der Waals surface area contributed by atoms with Gasteiger partial charge in [0.25, 0.3) is 0 Å². The molecular formula is C20H14ClN2O. The Balaban J connectivity index is 1.71. The fourth-order valence-electron chi connectivity index (χ4n) is 2.87. The monoisotopic (exact) mass is 333 g/mol. The Bertz CT molecular complexity index is 909. The molecule has 1 aliphatic rings. The van der Waals surface area contributed by atoms with Gasteiger partial charge in [-0.05, 0) is 41.0 Å². The molecular weight excluding hydrogens is 320 g/mol. The highest BCUT2D eigenvalue weighted by Gasteiger charge is 2.29. The van der Waals surface area contributed by atoms with Gasteiger partial charge in [0.2, 0.25) is 0 Å². The lowest BCUT2D eigenvalue weighted by Crippen LogP contribution is -2.27. The lowest BCUT2D eigenvalue weighted by Gasteiger charge is -2.16. The molecule has 0 unspecified atom stereocenters. The normalized spacial score (nSPS) is 12.9. The molecule has 4 rings (SSSR count). The number of urea groups is 1. The lowest BCUT2D eigenvalue weighted by atomic mass is 10.0. The minimum atomic E-state index is -0.225. The van der Waals surface area contributed by atoms with Crippen molar-refractivity contribution in [3.63, 3.8) is 0 Å². The van der Waals surface area contributed by atoms with E-state index in [1.165, 1.54) is 0 Å². The summed E-state index contributed by atoms with van der Waals surface area (Å²) in [5, 5.41) is 4.83. The SMILES string of the molecule is O=C1[N]c2ccc(-c3cccc(Cl)c3)cc2N1Cc1ccccc1. The van der Waals surface area contributed by atoms with Crippen molar-refractivity contribution in [3.8, 4) is 11.1 Å². The molecule has 0 aromatic heterocycles. The van der Waals surface area contributed by atoms with Crippen LogP contribution in [0.1, 0.15) is 5.56 Å². The number of halogens is 1. The van der Waals surface area contributed by atoms with Crippen LogP contribution in [-0.2, 0) is 6.54 Å². The molecule has 0 spiro atoms. The fourth-order valence-corrected chi connectivity index (χ4v) is 3.06. The molecule has 2 amide bonds. The van der Waals surface area contributed by atoms with E-state index in [4.69, 9.17) is 11.6 Å². The van der Waals surface area contributed by atoms with Crippen LogP contribution in [0.2, 0.25) is 5.02 Å². The van der Waals surface area contributed by atoms with Crippen LogP contribution in [0.25, 0.3) is 11.1 Å². The molecule has 0 saturated carbocycles. The first-order valence-electron chi connectivity index (χ1n) is 7.68. The maximum atomic E-state index is 12.3. The van der Waals surface area contributed by atoms with Gasteiger partial charge in [0.1, 0.15) is 0 Å². The zero-order chi connectivity index (χ0) is 16.5. The van der Waals surface area contributed by atoms with E-state index in [1.54, 1.807) is 4.90 Å². The zero-order valence-electron chi connectivity index (χ0n) is 12.8. The summed E-state index contributed by atoms with van der Waals surface area (Å²) in [5.41, 5.74) is 4.65. The Kier molecular flexibility index (Phi) is 3.71. The molecule has 3 aromatic rings. The van der Waals surface area contributed by atoms with Gasteiger partial charge in [-0.25, -0.2) is 4.79 Å². The van der Waals surface area contributed by atoms with Gasteiger partial charge in [-0.15, -0.1) is 0 Å². The first-order chi connectivity index (χ1) is 11.7. The van der Waals surface area contributed by atoms with Gasteiger partial charge in [0.15, 0.2) is 0 Å². The molecule has 1 aliphatic heterocycles. The zero-order valence-corrected chi connectivity index (χ0v) is 13.6. The van der Waals surface area contributed by atoms with Gasteiger partial charge in [-0.1, -0.05) is 60.1 Å². The van der Waals surface area contributed by atoms with Crippen molar-refractivity contribution in [2.45, 2.75) is 6.54 Å². The Labute approximate surface area is 145 Å². The van der Waals surface area contributed by atoms with Crippen molar-refractivity contribution in [2.24, 2.45) is 0 Å². The van der Waals surface area contributed by atoms with Gasteiger partial charge >= 0.3 is 6.03 Å². The molecule has 1 radical (unpaired) electrons. The highest BCUT2D eigenvalue weighted by atomic mass is 35.5. The Hall–Kier alpha value is -2.78. The molecule has 0 N–H and O–H groups in total. The van der Waals surface area contributed by atoms with Crippen LogP contribution in [0.3, 0.4) is 0 Å². The van der Waals surface area contributed by atoms with Gasteiger partial charge in [-0.3, -0.25) is 4.90 Å². The van der Waals surface area contributed by atoms with E-state index in [9.17, 15) is 4.79 Å². The third-order valence-electron chi connectivity index (χ3n) is 4.05. The van der Waals surface area contributed by atoms with Crippen LogP contribution in [-0.4, -0.2) is 6.03 Å². The molecule has 4 heteroatoms. The van der Waals surface area contributed by atoms with Gasteiger partial charge in [0.05, 0.1) is 17.9 Å². The predicted octanol–water partition coefficient (Wildman–Crippen LogP) is 5.38. The maximum Gasteiger partial charge on any atom is 0.349 e. The smallest absolute Gasteiger partial charge is 0.286 e. The number of benzene rings is 3. The van der Waals surface area contributed by atoms with Crippen LogP contribution < -0.4 is 10.2 Å². The maximum absolute atomic E-state index is 12.3. The van der Waals surface area contributed by atoms with Gasteiger partial charge in [0, 0.05) is 5.02 Å². The first-order valence-corrected chi connectivity index (χ1v) is 8.06. The second-order valence-corrected chi connectivity index (χ2v) is 6.12.